The van der Waals surface area contributed by atoms with Gasteiger partial charge in [-0.3, -0.25) is 0 Å². The lowest BCUT2D eigenvalue weighted by atomic mass is 9.97. The van der Waals surface area contributed by atoms with Crippen LogP contribution in [0.1, 0.15) is 61.8 Å². The summed E-state index contributed by atoms with van der Waals surface area (Å²) in [5.74, 6) is -3.98. The van der Waals surface area contributed by atoms with Crippen molar-refractivity contribution in [3.8, 4) is 11.1 Å². The highest BCUT2D eigenvalue weighted by Crippen LogP contribution is 2.43. The van der Waals surface area contributed by atoms with Crippen LogP contribution in [0.25, 0.3) is 11.1 Å². The van der Waals surface area contributed by atoms with Gasteiger partial charge in [0, 0.05) is 11.1 Å². The van der Waals surface area contributed by atoms with Gasteiger partial charge in [-0.1, -0.05) is 45.2 Å². The van der Waals surface area contributed by atoms with Gasteiger partial charge in [0.2, 0.25) is 0 Å². The Morgan fingerprint density at radius 3 is 1.68 bits per heavy atom. The maximum atomic E-state index is 14.6. The molecule has 25 heavy (non-hydrogen) atoms. The summed E-state index contributed by atoms with van der Waals surface area (Å²) in [6.07, 6.45) is 4.60. The van der Waals surface area contributed by atoms with Crippen LogP contribution in [-0.2, 0) is 19.3 Å². The number of rotatable bonds is 6. The molecule has 0 saturated heterocycles. The van der Waals surface area contributed by atoms with Crippen molar-refractivity contribution in [3.05, 3.63) is 57.7 Å². The summed E-state index contributed by atoms with van der Waals surface area (Å²) in [4.78, 5) is 0. The monoisotopic (exact) mass is 350 g/mol. The van der Waals surface area contributed by atoms with Crippen molar-refractivity contribution >= 4 is 0 Å². The fourth-order valence-corrected chi connectivity index (χ4v) is 3.70. The van der Waals surface area contributed by atoms with Crippen LogP contribution in [-0.4, -0.2) is 0 Å². The van der Waals surface area contributed by atoms with Gasteiger partial charge >= 0.3 is 0 Å². The summed E-state index contributed by atoms with van der Waals surface area (Å²) in [6.45, 7) is 3.93. The summed E-state index contributed by atoms with van der Waals surface area (Å²) in [5.41, 5.74) is 1.51. The lowest BCUT2D eigenvalue weighted by Gasteiger charge is -2.11. The molecule has 2 aromatic carbocycles. The Morgan fingerprint density at radius 1 is 0.680 bits per heavy atom. The molecule has 134 valence electrons. The first kappa shape index (κ1) is 18.0. The predicted molar refractivity (Wildman–Crippen MR) is 91.7 cm³/mol. The van der Waals surface area contributed by atoms with E-state index in [0.29, 0.717) is 47.9 Å². The third-order valence-electron chi connectivity index (χ3n) is 4.93. The molecule has 0 heterocycles. The SMILES string of the molecule is CCCCCc1cc2c(c(F)c1F)-c1c(cc(CCC)c(F)c1F)C2. The Labute approximate surface area is 145 Å². The molecule has 4 heteroatoms. The minimum atomic E-state index is -1.06. The van der Waals surface area contributed by atoms with E-state index in [1.165, 1.54) is 0 Å². The molecule has 0 spiro atoms. The number of unbranched alkanes of at least 4 members (excludes halogenated alkanes) is 2. The average molecular weight is 350 g/mol. The number of fused-ring (bicyclic) bond motifs is 3. The Morgan fingerprint density at radius 2 is 1.20 bits per heavy atom. The number of aryl methyl sites for hydroxylation is 2. The smallest absolute Gasteiger partial charge is 0.167 e. The summed E-state index contributed by atoms with van der Waals surface area (Å²) in [7, 11) is 0. The highest BCUT2D eigenvalue weighted by Gasteiger charge is 2.31. The van der Waals surface area contributed by atoms with Gasteiger partial charge in [-0.15, -0.1) is 0 Å². The van der Waals surface area contributed by atoms with E-state index < -0.39 is 23.3 Å². The molecule has 0 radical (unpaired) electrons. The van der Waals surface area contributed by atoms with Gasteiger partial charge in [-0.05, 0) is 47.9 Å². The first-order chi connectivity index (χ1) is 12.0. The maximum absolute atomic E-state index is 14.6. The quantitative estimate of drug-likeness (QED) is 0.352. The topological polar surface area (TPSA) is 0 Å². The number of hydrogen-bond acceptors (Lipinski definition) is 0. The van der Waals surface area contributed by atoms with Gasteiger partial charge in [-0.25, -0.2) is 17.6 Å². The van der Waals surface area contributed by atoms with E-state index >= 15 is 0 Å². The van der Waals surface area contributed by atoms with Gasteiger partial charge in [0.05, 0.1) is 0 Å². The maximum Gasteiger partial charge on any atom is 0.167 e. The zero-order chi connectivity index (χ0) is 18.1. The van der Waals surface area contributed by atoms with E-state index in [9.17, 15) is 17.6 Å². The second kappa shape index (κ2) is 7.19. The molecule has 3 rings (SSSR count). The van der Waals surface area contributed by atoms with E-state index in [4.69, 9.17) is 0 Å². The fourth-order valence-electron chi connectivity index (χ4n) is 3.70. The van der Waals surface area contributed by atoms with Crippen LogP contribution in [0.15, 0.2) is 12.1 Å². The van der Waals surface area contributed by atoms with Crippen LogP contribution in [0.3, 0.4) is 0 Å². The van der Waals surface area contributed by atoms with Crippen LogP contribution in [0.4, 0.5) is 17.6 Å². The zero-order valence-corrected chi connectivity index (χ0v) is 14.6. The molecular weight excluding hydrogens is 328 g/mol. The van der Waals surface area contributed by atoms with Crippen molar-refractivity contribution in [2.75, 3.05) is 0 Å². The minimum Gasteiger partial charge on any atom is -0.203 e. The second-order valence-electron chi connectivity index (χ2n) is 6.78. The second-order valence-corrected chi connectivity index (χ2v) is 6.78. The van der Waals surface area contributed by atoms with Crippen molar-refractivity contribution in [2.45, 2.75) is 58.8 Å². The van der Waals surface area contributed by atoms with Gasteiger partial charge in [0.25, 0.3) is 0 Å². The lowest BCUT2D eigenvalue weighted by molar-refractivity contribution is 0.490. The van der Waals surface area contributed by atoms with Crippen LogP contribution < -0.4 is 0 Å². The molecule has 1 aliphatic rings. The highest BCUT2D eigenvalue weighted by molar-refractivity contribution is 5.79. The van der Waals surface area contributed by atoms with Gasteiger partial charge in [-0.2, -0.15) is 0 Å². The summed E-state index contributed by atoms with van der Waals surface area (Å²) >= 11 is 0. The first-order valence-corrected chi connectivity index (χ1v) is 8.99. The summed E-state index contributed by atoms with van der Waals surface area (Å²) in [6, 6.07) is 3.23. The molecule has 0 fully saturated rings. The fraction of sp³-hybridized carbons (Fsp3) is 0.429. The molecule has 0 aromatic heterocycles. The molecule has 0 atom stereocenters. The van der Waals surface area contributed by atoms with Crippen molar-refractivity contribution < 1.29 is 17.6 Å². The summed E-state index contributed by atoms with van der Waals surface area (Å²) in [5, 5.41) is 0. The Bertz CT molecular complexity index is 809. The normalized spacial score (nSPS) is 12.4. The molecule has 0 amide bonds. The largest absolute Gasteiger partial charge is 0.203 e. The number of halogens is 4. The first-order valence-electron chi connectivity index (χ1n) is 8.99. The van der Waals surface area contributed by atoms with Crippen molar-refractivity contribution in [2.24, 2.45) is 0 Å². The Balaban J connectivity index is 2.08. The van der Waals surface area contributed by atoms with Crippen LogP contribution in [0.5, 0.6) is 0 Å². The van der Waals surface area contributed by atoms with Crippen LogP contribution in [0.2, 0.25) is 0 Å². The molecule has 1 aliphatic carbocycles. The van der Waals surface area contributed by atoms with Gasteiger partial charge in [0.1, 0.15) is 0 Å². The van der Waals surface area contributed by atoms with E-state index in [0.717, 1.165) is 19.3 Å². The Hall–Kier alpha value is -1.84. The molecule has 0 bridgehead atoms. The Kier molecular flexibility index (Phi) is 5.16. The van der Waals surface area contributed by atoms with Crippen molar-refractivity contribution in [1.29, 1.82) is 0 Å². The van der Waals surface area contributed by atoms with Gasteiger partial charge in [0.15, 0.2) is 23.3 Å². The van der Waals surface area contributed by atoms with Crippen LogP contribution >= 0.6 is 0 Å². The van der Waals surface area contributed by atoms with E-state index in [1.807, 2.05) is 13.8 Å². The standard InChI is InChI=1S/C21H22F4/c1-3-5-6-8-13-10-15-11-14-9-12(7-4-2)18(22)20(24)16(14)17(15)21(25)19(13)23/h9-10H,3-8,11H2,1-2H3. The van der Waals surface area contributed by atoms with E-state index in [2.05, 4.69) is 0 Å². The average Bonchev–Trinajstić information content (AvgIpc) is 2.95. The number of hydrogen-bond donors (Lipinski definition) is 0. The van der Waals surface area contributed by atoms with Crippen molar-refractivity contribution in [1.82, 2.24) is 0 Å². The zero-order valence-electron chi connectivity index (χ0n) is 14.6. The van der Waals surface area contributed by atoms with E-state index in [-0.39, 0.29) is 11.1 Å². The van der Waals surface area contributed by atoms with Crippen molar-refractivity contribution in [3.63, 3.8) is 0 Å². The third kappa shape index (κ3) is 3.07. The molecule has 0 unspecified atom stereocenters. The van der Waals surface area contributed by atoms with Gasteiger partial charge < -0.3 is 0 Å². The van der Waals surface area contributed by atoms with E-state index in [1.54, 1.807) is 12.1 Å². The third-order valence-corrected chi connectivity index (χ3v) is 4.93. The predicted octanol–water partition coefficient (Wildman–Crippen LogP) is 6.50. The molecule has 2 aromatic rings. The van der Waals surface area contributed by atoms with Crippen LogP contribution in [0, 0.1) is 23.3 Å². The number of benzene rings is 2. The molecule has 0 aliphatic heterocycles. The molecule has 0 N–H and O–H groups in total. The molecule has 0 saturated carbocycles. The minimum absolute atomic E-state index is 0.105. The molecule has 0 nitrogen and oxygen atoms in total. The molecular formula is C21H22F4. The highest BCUT2D eigenvalue weighted by atomic mass is 19.2. The summed E-state index contributed by atoms with van der Waals surface area (Å²) < 4.78 is 57.9. The lowest BCUT2D eigenvalue weighted by Crippen LogP contribution is -2.01.